The third kappa shape index (κ3) is 2.93. The predicted molar refractivity (Wildman–Crippen MR) is 71.4 cm³/mol. The van der Waals surface area contributed by atoms with Crippen LogP contribution in [0.25, 0.3) is 0 Å². The number of piperazine rings is 1. The summed E-state index contributed by atoms with van der Waals surface area (Å²) in [6, 6.07) is 1.02. The zero-order chi connectivity index (χ0) is 15.8. The molecular weight excluding hydrogens is 300 g/mol. The number of aryl methyl sites for hydroxylation is 1. The van der Waals surface area contributed by atoms with E-state index in [1.165, 1.54) is 18.2 Å². The third-order valence-corrected chi connectivity index (χ3v) is 5.39. The Morgan fingerprint density at radius 2 is 1.81 bits per heavy atom. The number of rotatable bonds is 3. The minimum atomic E-state index is -3.82. The molecule has 0 aromatic carbocycles. The molecular formula is C12H16N2O6S. The minimum Gasteiger partial charge on any atom is -0.475 e. The van der Waals surface area contributed by atoms with E-state index in [2.05, 4.69) is 0 Å². The van der Waals surface area contributed by atoms with Gasteiger partial charge < -0.3 is 14.4 Å². The van der Waals surface area contributed by atoms with Gasteiger partial charge in [-0.2, -0.15) is 4.31 Å². The molecule has 2 heterocycles. The van der Waals surface area contributed by atoms with Crippen LogP contribution in [-0.2, 0) is 14.8 Å². The van der Waals surface area contributed by atoms with Crippen molar-refractivity contribution in [3.63, 3.8) is 0 Å². The molecule has 0 radical (unpaired) electrons. The SMILES string of the molecule is CC(=O)N1CCN(S(=O)(=O)c2cc(C(=O)O)oc2C)CC1. The molecule has 0 bridgehead atoms. The second kappa shape index (κ2) is 5.49. The lowest BCUT2D eigenvalue weighted by molar-refractivity contribution is -0.129. The first-order valence-corrected chi connectivity index (χ1v) is 7.77. The predicted octanol–water partition coefficient (Wildman–Crippen LogP) is 0.139. The molecule has 0 unspecified atom stereocenters. The number of amides is 1. The molecule has 21 heavy (non-hydrogen) atoms. The van der Waals surface area contributed by atoms with Crippen molar-refractivity contribution in [3.05, 3.63) is 17.6 Å². The summed E-state index contributed by atoms with van der Waals surface area (Å²) in [5.41, 5.74) is 0. The summed E-state index contributed by atoms with van der Waals surface area (Å²) in [6.07, 6.45) is 0. The number of carbonyl (C=O) groups excluding carboxylic acids is 1. The zero-order valence-corrected chi connectivity index (χ0v) is 12.5. The topological polar surface area (TPSA) is 108 Å². The van der Waals surface area contributed by atoms with Crippen LogP contribution in [0.4, 0.5) is 0 Å². The van der Waals surface area contributed by atoms with E-state index in [-0.39, 0.29) is 29.7 Å². The first-order chi connectivity index (χ1) is 9.73. The van der Waals surface area contributed by atoms with Crippen LogP contribution in [0.1, 0.15) is 23.2 Å². The van der Waals surface area contributed by atoms with Crippen molar-refractivity contribution in [1.29, 1.82) is 0 Å². The highest BCUT2D eigenvalue weighted by Gasteiger charge is 2.32. The Morgan fingerprint density at radius 1 is 1.24 bits per heavy atom. The quantitative estimate of drug-likeness (QED) is 0.849. The molecule has 1 N–H and O–H groups in total. The summed E-state index contributed by atoms with van der Waals surface area (Å²) in [5.74, 6) is -1.78. The van der Waals surface area contributed by atoms with Gasteiger partial charge in [-0.15, -0.1) is 0 Å². The fourth-order valence-electron chi connectivity index (χ4n) is 2.21. The summed E-state index contributed by atoms with van der Waals surface area (Å²) in [4.78, 5) is 23.5. The van der Waals surface area contributed by atoms with Crippen LogP contribution in [0.5, 0.6) is 0 Å². The van der Waals surface area contributed by atoms with Crippen molar-refractivity contribution in [2.75, 3.05) is 26.2 Å². The Bertz CT molecular complexity index is 670. The molecule has 8 nitrogen and oxygen atoms in total. The summed E-state index contributed by atoms with van der Waals surface area (Å²) in [6.45, 7) is 3.83. The van der Waals surface area contributed by atoms with E-state index in [0.717, 1.165) is 6.07 Å². The lowest BCUT2D eigenvalue weighted by Gasteiger charge is -2.33. The summed E-state index contributed by atoms with van der Waals surface area (Å²) >= 11 is 0. The Balaban J connectivity index is 2.23. The molecule has 0 spiro atoms. The number of aromatic carboxylic acids is 1. The van der Waals surface area contributed by atoms with E-state index < -0.39 is 21.8 Å². The van der Waals surface area contributed by atoms with Crippen molar-refractivity contribution in [2.45, 2.75) is 18.7 Å². The number of furan rings is 1. The molecule has 0 atom stereocenters. The number of carboxylic acids is 1. The second-order valence-electron chi connectivity index (χ2n) is 4.75. The van der Waals surface area contributed by atoms with Crippen molar-refractivity contribution in [2.24, 2.45) is 0 Å². The average molecular weight is 316 g/mol. The molecule has 116 valence electrons. The monoisotopic (exact) mass is 316 g/mol. The van der Waals surface area contributed by atoms with Crippen molar-refractivity contribution >= 4 is 21.9 Å². The normalized spacial score (nSPS) is 17.0. The first kappa shape index (κ1) is 15.5. The molecule has 2 rings (SSSR count). The van der Waals surface area contributed by atoms with Gasteiger partial charge in [-0.3, -0.25) is 4.79 Å². The lowest BCUT2D eigenvalue weighted by atomic mass is 10.3. The van der Waals surface area contributed by atoms with Gasteiger partial charge in [0.05, 0.1) is 0 Å². The van der Waals surface area contributed by atoms with E-state index in [1.54, 1.807) is 4.90 Å². The van der Waals surface area contributed by atoms with Gasteiger partial charge >= 0.3 is 5.97 Å². The minimum absolute atomic E-state index is 0.0430. The number of carbonyl (C=O) groups is 2. The highest BCUT2D eigenvalue weighted by molar-refractivity contribution is 7.89. The van der Waals surface area contributed by atoms with Gasteiger partial charge in [0, 0.05) is 39.2 Å². The highest BCUT2D eigenvalue weighted by atomic mass is 32.2. The lowest BCUT2D eigenvalue weighted by Crippen LogP contribution is -2.49. The molecule has 1 amide bonds. The Kier molecular flexibility index (Phi) is 4.06. The fraction of sp³-hybridized carbons (Fsp3) is 0.500. The van der Waals surface area contributed by atoms with Gasteiger partial charge in [0.1, 0.15) is 10.7 Å². The largest absolute Gasteiger partial charge is 0.475 e. The van der Waals surface area contributed by atoms with Crippen LogP contribution in [0.15, 0.2) is 15.4 Å². The van der Waals surface area contributed by atoms with Crippen LogP contribution < -0.4 is 0 Å². The Morgan fingerprint density at radius 3 is 2.24 bits per heavy atom. The second-order valence-corrected chi connectivity index (χ2v) is 6.65. The van der Waals surface area contributed by atoms with Crippen LogP contribution in [0.2, 0.25) is 0 Å². The van der Waals surface area contributed by atoms with E-state index >= 15 is 0 Å². The Labute approximate surface area is 122 Å². The van der Waals surface area contributed by atoms with Gasteiger partial charge in [-0.1, -0.05) is 0 Å². The molecule has 1 aromatic rings. The van der Waals surface area contributed by atoms with Crippen molar-refractivity contribution < 1.29 is 27.5 Å². The van der Waals surface area contributed by atoms with E-state index in [9.17, 15) is 18.0 Å². The molecule has 1 aliphatic rings. The number of nitrogens with zero attached hydrogens (tertiary/aromatic N) is 2. The van der Waals surface area contributed by atoms with Gasteiger partial charge in [0.25, 0.3) is 0 Å². The standard InChI is InChI=1S/C12H16N2O6S/c1-8-11(7-10(20-8)12(16)17)21(18,19)14-5-3-13(4-6-14)9(2)15/h7H,3-6H2,1-2H3,(H,16,17). The molecule has 0 saturated carbocycles. The number of hydrogen-bond donors (Lipinski definition) is 1. The van der Waals surface area contributed by atoms with Crippen LogP contribution in [0, 0.1) is 6.92 Å². The van der Waals surface area contributed by atoms with Gasteiger partial charge in [-0.05, 0) is 6.92 Å². The highest BCUT2D eigenvalue weighted by Crippen LogP contribution is 2.24. The maximum Gasteiger partial charge on any atom is 0.371 e. The van der Waals surface area contributed by atoms with E-state index in [0.29, 0.717) is 13.1 Å². The maximum atomic E-state index is 12.5. The molecule has 1 aromatic heterocycles. The van der Waals surface area contributed by atoms with Crippen molar-refractivity contribution in [3.8, 4) is 0 Å². The van der Waals surface area contributed by atoms with Gasteiger partial charge in [-0.25, -0.2) is 13.2 Å². The first-order valence-electron chi connectivity index (χ1n) is 6.33. The van der Waals surface area contributed by atoms with Crippen LogP contribution >= 0.6 is 0 Å². The number of sulfonamides is 1. The summed E-state index contributed by atoms with van der Waals surface area (Å²) in [5, 5.41) is 8.85. The molecule has 0 aliphatic carbocycles. The van der Waals surface area contributed by atoms with Crippen LogP contribution in [0.3, 0.4) is 0 Å². The smallest absolute Gasteiger partial charge is 0.371 e. The summed E-state index contributed by atoms with van der Waals surface area (Å²) < 4.78 is 31.2. The van der Waals surface area contributed by atoms with E-state index in [4.69, 9.17) is 9.52 Å². The maximum absolute atomic E-state index is 12.5. The van der Waals surface area contributed by atoms with Crippen LogP contribution in [-0.4, -0.2) is 60.8 Å². The third-order valence-electron chi connectivity index (χ3n) is 3.38. The van der Waals surface area contributed by atoms with Gasteiger partial charge in [0.2, 0.25) is 21.7 Å². The number of carboxylic acid groups (broad SMARTS) is 1. The summed E-state index contributed by atoms with van der Waals surface area (Å²) in [7, 11) is -3.82. The zero-order valence-electron chi connectivity index (χ0n) is 11.7. The average Bonchev–Trinajstić information content (AvgIpc) is 2.82. The number of hydrogen-bond acceptors (Lipinski definition) is 5. The van der Waals surface area contributed by atoms with Crippen molar-refractivity contribution in [1.82, 2.24) is 9.21 Å². The molecule has 1 saturated heterocycles. The van der Waals surface area contributed by atoms with E-state index in [1.807, 2.05) is 0 Å². The van der Waals surface area contributed by atoms with Gasteiger partial charge in [0.15, 0.2) is 0 Å². The molecule has 1 fully saturated rings. The Hall–Kier alpha value is -1.87. The molecule has 9 heteroatoms. The fourth-order valence-corrected chi connectivity index (χ4v) is 3.79. The molecule has 1 aliphatic heterocycles.